The van der Waals surface area contributed by atoms with Crippen LogP contribution in [0.3, 0.4) is 0 Å². The topological polar surface area (TPSA) is 45.5 Å². The number of carbonyl (C=O) groups is 1. The van der Waals surface area contributed by atoms with E-state index in [1.807, 2.05) is 36.1 Å². The van der Waals surface area contributed by atoms with Crippen molar-refractivity contribution in [2.75, 3.05) is 6.54 Å². The zero-order valence-electron chi connectivity index (χ0n) is 13.0. The molecule has 2 aromatic rings. The largest absolute Gasteiger partial charge is 0.457 e. The predicted octanol–water partition coefficient (Wildman–Crippen LogP) is 3.59. The zero-order chi connectivity index (χ0) is 15.2. The van der Waals surface area contributed by atoms with Crippen molar-refractivity contribution in [2.24, 2.45) is 0 Å². The molecule has 0 radical (unpaired) electrons. The molecule has 0 bridgehead atoms. The minimum Gasteiger partial charge on any atom is -0.457 e. The van der Waals surface area contributed by atoms with Crippen LogP contribution in [0.1, 0.15) is 51.0 Å². The van der Waals surface area contributed by atoms with Gasteiger partial charge >= 0.3 is 0 Å². The second-order valence-electron chi connectivity index (χ2n) is 6.47. The van der Waals surface area contributed by atoms with Crippen LogP contribution < -0.4 is 5.32 Å². The molecule has 4 rings (SSSR count). The molecule has 2 aliphatic rings. The van der Waals surface area contributed by atoms with Crippen molar-refractivity contribution in [2.45, 2.75) is 50.7 Å². The number of hydrogen-bond acceptors (Lipinski definition) is 3. The molecule has 1 atom stereocenters. The van der Waals surface area contributed by atoms with E-state index < -0.39 is 0 Å². The molecule has 1 aliphatic carbocycles. The van der Waals surface area contributed by atoms with Crippen LogP contribution in [0.25, 0.3) is 11.0 Å². The average molecular weight is 298 g/mol. The number of furan rings is 1. The third-order valence-corrected chi connectivity index (χ3v) is 5.16. The van der Waals surface area contributed by atoms with Crippen molar-refractivity contribution in [3.8, 4) is 0 Å². The van der Waals surface area contributed by atoms with Gasteiger partial charge < -0.3 is 9.32 Å². The molecule has 2 fully saturated rings. The van der Waals surface area contributed by atoms with Gasteiger partial charge in [-0.15, -0.1) is 0 Å². The van der Waals surface area contributed by atoms with E-state index in [1.54, 1.807) is 0 Å². The van der Waals surface area contributed by atoms with Gasteiger partial charge in [0.15, 0.2) is 0 Å². The quantitative estimate of drug-likeness (QED) is 0.921. The molecule has 1 amide bonds. The molecular formula is C18H22N2O2. The summed E-state index contributed by atoms with van der Waals surface area (Å²) >= 11 is 0. The molecule has 4 nitrogen and oxygen atoms in total. The van der Waals surface area contributed by atoms with E-state index in [2.05, 4.69) is 11.4 Å². The van der Waals surface area contributed by atoms with Gasteiger partial charge in [0.1, 0.15) is 17.5 Å². The fraction of sp³-hybridized carbons (Fsp3) is 0.500. The Morgan fingerprint density at radius 3 is 2.77 bits per heavy atom. The maximum atomic E-state index is 12.9. The molecule has 1 aromatic carbocycles. The highest BCUT2D eigenvalue weighted by Crippen LogP contribution is 2.40. The molecular weight excluding hydrogens is 276 g/mol. The molecule has 1 unspecified atom stereocenters. The number of rotatable bonds is 2. The van der Waals surface area contributed by atoms with Gasteiger partial charge in [-0.25, -0.2) is 0 Å². The highest BCUT2D eigenvalue weighted by atomic mass is 16.3. The number of carbonyl (C=O) groups excluding carboxylic acids is 1. The molecule has 22 heavy (non-hydrogen) atoms. The Balaban J connectivity index is 1.72. The first-order valence-electron chi connectivity index (χ1n) is 8.31. The van der Waals surface area contributed by atoms with E-state index in [-0.39, 0.29) is 17.6 Å². The van der Waals surface area contributed by atoms with Crippen LogP contribution in [0.2, 0.25) is 0 Å². The molecule has 1 aromatic heterocycles. The van der Waals surface area contributed by atoms with E-state index in [9.17, 15) is 4.79 Å². The lowest BCUT2D eigenvalue weighted by molar-refractivity contribution is -0.134. The normalized spacial score (nSPS) is 24.5. The second kappa shape index (κ2) is 5.13. The van der Waals surface area contributed by atoms with E-state index in [4.69, 9.17) is 4.42 Å². The number of amides is 1. The lowest BCUT2D eigenvalue weighted by Gasteiger charge is -2.31. The molecule has 1 aliphatic heterocycles. The van der Waals surface area contributed by atoms with Crippen molar-refractivity contribution in [3.05, 3.63) is 36.1 Å². The third kappa shape index (κ3) is 1.97. The first kappa shape index (κ1) is 13.8. The van der Waals surface area contributed by atoms with Crippen LogP contribution in [0.4, 0.5) is 0 Å². The summed E-state index contributed by atoms with van der Waals surface area (Å²) in [5.74, 6) is 1.10. The summed E-state index contributed by atoms with van der Waals surface area (Å²) in [6.07, 6.45) is 5.24. The van der Waals surface area contributed by atoms with E-state index in [0.717, 1.165) is 42.4 Å². The lowest BCUT2D eigenvalue weighted by Crippen LogP contribution is -2.48. The molecule has 1 spiro atoms. The predicted molar refractivity (Wildman–Crippen MR) is 85.3 cm³/mol. The average Bonchev–Trinajstić information content (AvgIpc) is 3.09. The maximum Gasteiger partial charge on any atom is 0.244 e. The Hall–Kier alpha value is -1.81. The van der Waals surface area contributed by atoms with Crippen molar-refractivity contribution in [1.29, 1.82) is 0 Å². The van der Waals surface area contributed by atoms with E-state index >= 15 is 0 Å². The van der Waals surface area contributed by atoms with Crippen LogP contribution in [-0.4, -0.2) is 22.9 Å². The van der Waals surface area contributed by atoms with Crippen molar-refractivity contribution >= 4 is 16.9 Å². The van der Waals surface area contributed by atoms with Crippen LogP contribution in [0.15, 0.2) is 34.7 Å². The summed E-state index contributed by atoms with van der Waals surface area (Å²) in [5, 5.41) is 4.71. The standard InChI is InChI=1S/C18H22N2O2/c1-2-20-16(15-12-13-8-4-5-9-14(13)22-15)19-18(17(20)21)10-6-3-7-11-18/h4-5,8-9,12,16,19H,2-3,6-7,10-11H2,1H3. The lowest BCUT2D eigenvalue weighted by atomic mass is 9.81. The van der Waals surface area contributed by atoms with Gasteiger partial charge in [-0.2, -0.15) is 0 Å². The van der Waals surface area contributed by atoms with Crippen LogP contribution in [0.5, 0.6) is 0 Å². The number of likely N-dealkylation sites (N-methyl/N-ethyl adjacent to an activating group) is 1. The van der Waals surface area contributed by atoms with Gasteiger partial charge in [0.05, 0.1) is 5.54 Å². The summed E-state index contributed by atoms with van der Waals surface area (Å²) in [5.41, 5.74) is 0.519. The minimum absolute atomic E-state index is 0.136. The van der Waals surface area contributed by atoms with E-state index in [0.29, 0.717) is 6.54 Å². The molecule has 2 heterocycles. The Morgan fingerprint density at radius 1 is 1.27 bits per heavy atom. The monoisotopic (exact) mass is 298 g/mol. The number of hydrogen-bond donors (Lipinski definition) is 1. The molecule has 116 valence electrons. The zero-order valence-corrected chi connectivity index (χ0v) is 13.0. The minimum atomic E-state index is -0.363. The van der Waals surface area contributed by atoms with Crippen molar-refractivity contribution in [1.82, 2.24) is 10.2 Å². The summed E-state index contributed by atoms with van der Waals surface area (Å²) in [6.45, 7) is 2.74. The van der Waals surface area contributed by atoms with Gasteiger partial charge in [0.25, 0.3) is 0 Å². The highest BCUT2D eigenvalue weighted by Gasteiger charge is 2.51. The van der Waals surface area contributed by atoms with Gasteiger partial charge in [0, 0.05) is 11.9 Å². The summed E-state index contributed by atoms with van der Waals surface area (Å²) in [7, 11) is 0. The SMILES string of the molecule is CCN1C(=O)C2(CCCCC2)NC1c1cc2ccccc2o1. The van der Waals surface area contributed by atoms with E-state index in [1.165, 1.54) is 6.42 Å². The van der Waals surface area contributed by atoms with Crippen molar-refractivity contribution in [3.63, 3.8) is 0 Å². The smallest absolute Gasteiger partial charge is 0.244 e. The first-order valence-corrected chi connectivity index (χ1v) is 8.31. The fourth-order valence-corrected chi connectivity index (χ4v) is 4.00. The fourth-order valence-electron chi connectivity index (χ4n) is 4.00. The van der Waals surface area contributed by atoms with Crippen LogP contribution in [-0.2, 0) is 4.79 Å². The molecule has 4 heteroatoms. The number of benzene rings is 1. The van der Waals surface area contributed by atoms with Gasteiger partial charge in [0.2, 0.25) is 5.91 Å². The second-order valence-corrected chi connectivity index (χ2v) is 6.47. The Labute approximate surface area is 130 Å². The van der Waals surface area contributed by atoms with Gasteiger partial charge in [-0.05, 0) is 31.9 Å². The summed E-state index contributed by atoms with van der Waals surface area (Å²) in [6, 6.07) is 10.1. The first-order chi connectivity index (χ1) is 10.7. The van der Waals surface area contributed by atoms with Crippen molar-refractivity contribution < 1.29 is 9.21 Å². The molecule has 1 saturated heterocycles. The Morgan fingerprint density at radius 2 is 2.05 bits per heavy atom. The highest BCUT2D eigenvalue weighted by molar-refractivity contribution is 5.89. The molecule has 1 N–H and O–H groups in total. The third-order valence-electron chi connectivity index (χ3n) is 5.16. The number of fused-ring (bicyclic) bond motifs is 1. The van der Waals surface area contributed by atoms with Gasteiger partial charge in [-0.3, -0.25) is 10.1 Å². The molecule has 1 saturated carbocycles. The van der Waals surface area contributed by atoms with Gasteiger partial charge in [-0.1, -0.05) is 37.5 Å². The van der Waals surface area contributed by atoms with Crippen LogP contribution in [0, 0.1) is 0 Å². The number of nitrogens with zero attached hydrogens (tertiary/aromatic N) is 1. The number of nitrogens with one attached hydrogen (secondary N) is 1. The Bertz CT molecular complexity index is 667. The maximum absolute atomic E-state index is 12.9. The number of para-hydroxylation sites is 1. The van der Waals surface area contributed by atoms with Crippen LogP contribution >= 0.6 is 0 Å². The Kier molecular flexibility index (Phi) is 3.22. The summed E-state index contributed by atoms with van der Waals surface area (Å²) < 4.78 is 6.01. The summed E-state index contributed by atoms with van der Waals surface area (Å²) in [4.78, 5) is 14.9.